The fraction of sp³-hybridized carbons (Fsp3) is 0.190. The Bertz CT molecular complexity index is 1110. The van der Waals surface area contributed by atoms with Crippen LogP contribution < -0.4 is 5.32 Å². The highest BCUT2D eigenvalue weighted by molar-refractivity contribution is 5.97. The van der Waals surface area contributed by atoms with Crippen LogP contribution in [0.2, 0.25) is 0 Å². The number of carbonyl (C=O) groups is 1. The second-order valence-corrected chi connectivity index (χ2v) is 6.50. The maximum absolute atomic E-state index is 12.4. The molecule has 2 N–H and O–H groups in total. The number of hydrogen-bond donors (Lipinski definition) is 2. The molecule has 4 aromatic rings. The Hall–Kier alpha value is -3.21. The Kier molecular flexibility index (Phi) is 4.13. The van der Waals surface area contributed by atoms with Crippen LogP contribution in [0.1, 0.15) is 27.3 Å². The molecular weight excluding hydrogens is 324 g/mol. The van der Waals surface area contributed by atoms with E-state index in [4.69, 9.17) is 0 Å². The van der Waals surface area contributed by atoms with Gasteiger partial charge in [-0.25, -0.2) is 9.97 Å². The molecule has 0 bridgehead atoms. The number of aryl methyl sites for hydroxylation is 2. The van der Waals surface area contributed by atoms with Crippen molar-refractivity contribution < 1.29 is 4.79 Å². The largest absolute Gasteiger partial charge is 0.361 e. The number of aromatic amines is 1. The second kappa shape index (κ2) is 6.59. The molecule has 0 radical (unpaired) electrons. The highest BCUT2D eigenvalue weighted by Gasteiger charge is 2.08. The zero-order valence-electron chi connectivity index (χ0n) is 14.8. The summed E-state index contributed by atoms with van der Waals surface area (Å²) in [6.45, 7) is 4.45. The Labute approximate surface area is 151 Å². The van der Waals surface area contributed by atoms with Crippen molar-refractivity contribution in [3.63, 3.8) is 0 Å². The molecule has 0 saturated carbocycles. The fourth-order valence-electron chi connectivity index (χ4n) is 3.05. The third-order valence-corrected chi connectivity index (χ3v) is 4.65. The van der Waals surface area contributed by atoms with Crippen LogP contribution in [0.3, 0.4) is 0 Å². The smallest absolute Gasteiger partial charge is 0.251 e. The molecule has 4 rings (SSSR count). The summed E-state index contributed by atoms with van der Waals surface area (Å²) >= 11 is 0. The summed E-state index contributed by atoms with van der Waals surface area (Å²) in [4.78, 5) is 24.6. The van der Waals surface area contributed by atoms with Gasteiger partial charge in [0.05, 0.1) is 22.4 Å². The van der Waals surface area contributed by atoms with Crippen LogP contribution >= 0.6 is 0 Å². The molecule has 0 saturated heterocycles. The predicted octanol–water partition coefficient (Wildman–Crippen LogP) is 3.70. The number of hydrogen-bond acceptors (Lipinski definition) is 3. The van der Waals surface area contributed by atoms with Crippen molar-refractivity contribution in [3.05, 3.63) is 71.2 Å². The number of nitrogens with zero attached hydrogens (tertiary/aromatic N) is 2. The van der Waals surface area contributed by atoms with Gasteiger partial charge >= 0.3 is 0 Å². The van der Waals surface area contributed by atoms with Crippen LogP contribution in [0.15, 0.2) is 48.7 Å². The van der Waals surface area contributed by atoms with E-state index in [0.29, 0.717) is 12.1 Å². The SMILES string of the molecule is Cc1nc2ccc(C(=O)NCCc3ccc4[nH]ccc4c3)cc2nc1C. The maximum Gasteiger partial charge on any atom is 0.251 e. The molecule has 0 atom stereocenters. The Balaban J connectivity index is 1.44. The second-order valence-electron chi connectivity index (χ2n) is 6.50. The van der Waals surface area contributed by atoms with Gasteiger partial charge in [-0.3, -0.25) is 4.79 Å². The fourth-order valence-corrected chi connectivity index (χ4v) is 3.05. The molecule has 0 unspecified atom stereocenters. The summed E-state index contributed by atoms with van der Waals surface area (Å²) in [7, 11) is 0. The number of aromatic nitrogens is 3. The minimum absolute atomic E-state index is 0.0883. The van der Waals surface area contributed by atoms with Crippen LogP contribution in [-0.4, -0.2) is 27.4 Å². The summed E-state index contributed by atoms with van der Waals surface area (Å²) in [6.07, 6.45) is 2.72. The summed E-state index contributed by atoms with van der Waals surface area (Å²) in [5.74, 6) is -0.0883. The quantitative estimate of drug-likeness (QED) is 0.593. The number of rotatable bonds is 4. The summed E-state index contributed by atoms with van der Waals surface area (Å²) in [5, 5.41) is 4.17. The third kappa shape index (κ3) is 3.16. The molecule has 26 heavy (non-hydrogen) atoms. The number of H-pyrrole nitrogens is 1. The summed E-state index contributed by atoms with van der Waals surface area (Å²) in [6, 6.07) is 13.8. The number of benzene rings is 2. The van der Waals surface area contributed by atoms with E-state index in [0.717, 1.165) is 34.4 Å². The Morgan fingerprint density at radius 1 is 1.00 bits per heavy atom. The minimum Gasteiger partial charge on any atom is -0.361 e. The first-order valence-corrected chi connectivity index (χ1v) is 8.69. The van der Waals surface area contributed by atoms with E-state index in [1.54, 1.807) is 12.1 Å². The molecule has 0 spiro atoms. The third-order valence-electron chi connectivity index (χ3n) is 4.65. The van der Waals surface area contributed by atoms with Crippen LogP contribution in [0.4, 0.5) is 0 Å². The van der Waals surface area contributed by atoms with E-state index < -0.39 is 0 Å². The molecule has 0 aliphatic heterocycles. The molecule has 130 valence electrons. The van der Waals surface area contributed by atoms with Crippen molar-refractivity contribution in [2.45, 2.75) is 20.3 Å². The van der Waals surface area contributed by atoms with E-state index in [2.05, 4.69) is 44.5 Å². The van der Waals surface area contributed by atoms with Crippen LogP contribution in [0.5, 0.6) is 0 Å². The molecule has 1 amide bonds. The molecule has 0 aliphatic rings. The number of amides is 1. The Morgan fingerprint density at radius 2 is 1.81 bits per heavy atom. The monoisotopic (exact) mass is 344 g/mol. The molecule has 2 aromatic heterocycles. The normalized spacial score (nSPS) is 11.2. The molecule has 0 fully saturated rings. The van der Waals surface area contributed by atoms with E-state index >= 15 is 0 Å². The van der Waals surface area contributed by atoms with E-state index in [1.807, 2.05) is 26.1 Å². The van der Waals surface area contributed by atoms with Gasteiger partial charge in [0.1, 0.15) is 0 Å². The highest BCUT2D eigenvalue weighted by atomic mass is 16.1. The van der Waals surface area contributed by atoms with Crippen molar-refractivity contribution in [3.8, 4) is 0 Å². The van der Waals surface area contributed by atoms with E-state index in [-0.39, 0.29) is 5.91 Å². The zero-order valence-corrected chi connectivity index (χ0v) is 14.8. The molecular formula is C21H20N4O. The number of carbonyl (C=O) groups excluding carboxylic acids is 1. The lowest BCUT2D eigenvalue weighted by Crippen LogP contribution is -2.25. The van der Waals surface area contributed by atoms with Crippen molar-refractivity contribution in [2.24, 2.45) is 0 Å². The van der Waals surface area contributed by atoms with Crippen LogP contribution in [0.25, 0.3) is 21.9 Å². The van der Waals surface area contributed by atoms with Crippen LogP contribution in [0, 0.1) is 13.8 Å². The minimum atomic E-state index is -0.0883. The standard InChI is InChI=1S/C21H20N4O/c1-13-14(2)25-20-12-17(4-6-19(20)24-13)21(26)23-9-7-15-3-5-18-16(11-15)8-10-22-18/h3-6,8,10-12,22H,7,9H2,1-2H3,(H,23,26). The van der Waals surface area contributed by atoms with E-state index in [1.165, 1.54) is 10.9 Å². The van der Waals surface area contributed by atoms with Gasteiger partial charge in [-0.1, -0.05) is 6.07 Å². The predicted molar refractivity (Wildman–Crippen MR) is 103 cm³/mol. The maximum atomic E-state index is 12.4. The lowest BCUT2D eigenvalue weighted by atomic mass is 10.1. The van der Waals surface area contributed by atoms with Crippen molar-refractivity contribution in [1.29, 1.82) is 0 Å². The van der Waals surface area contributed by atoms with Gasteiger partial charge in [-0.15, -0.1) is 0 Å². The zero-order chi connectivity index (χ0) is 18.1. The van der Waals surface area contributed by atoms with Gasteiger partial charge in [0.2, 0.25) is 0 Å². The highest BCUT2D eigenvalue weighted by Crippen LogP contribution is 2.16. The summed E-state index contributed by atoms with van der Waals surface area (Å²) < 4.78 is 0. The molecule has 2 aromatic carbocycles. The van der Waals surface area contributed by atoms with Gasteiger partial charge in [-0.2, -0.15) is 0 Å². The lowest BCUT2D eigenvalue weighted by Gasteiger charge is -2.07. The number of nitrogens with one attached hydrogen (secondary N) is 2. The van der Waals surface area contributed by atoms with Crippen molar-refractivity contribution in [1.82, 2.24) is 20.3 Å². The van der Waals surface area contributed by atoms with Gasteiger partial charge in [0.25, 0.3) is 5.91 Å². The van der Waals surface area contributed by atoms with Gasteiger partial charge < -0.3 is 10.3 Å². The van der Waals surface area contributed by atoms with Gasteiger partial charge in [0, 0.05) is 23.8 Å². The lowest BCUT2D eigenvalue weighted by molar-refractivity contribution is 0.0954. The first-order chi connectivity index (χ1) is 12.6. The van der Waals surface area contributed by atoms with Crippen LogP contribution in [-0.2, 0) is 6.42 Å². The van der Waals surface area contributed by atoms with Crippen molar-refractivity contribution >= 4 is 27.8 Å². The first kappa shape index (κ1) is 16.3. The topological polar surface area (TPSA) is 70.7 Å². The van der Waals surface area contributed by atoms with Gasteiger partial charge in [-0.05, 0) is 67.6 Å². The number of fused-ring (bicyclic) bond motifs is 2. The average Bonchev–Trinajstić information content (AvgIpc) is 3.10. The Morgan fingerprint density at radius 3 is 2.65 bits per heavy atom. The van der Waals surface area contributed by atoms with Gasteiger partial charge in [0.15, 0.2) is 0 Å². The van der Waals surface area contributed by atoms with Crippen molar-refractivity contribution in [2.75, 3.05) is 6.54 Å². The summed E-state index contributed by atoms with van der Waals surface area (Å²) in [5.41, 5.74) is 6.29. The van der Waals surface area contributed by atoms with E-state index in [9.17, 15) is 4.79 Å². The molecule has 2 heterocycles. The molecule has 0 aliphatic carbocycles. The first-order valence-electron chi connectivity index (χ1n) is 8.69. The molecule has 5 heteroatoms. The average molecular weight is 344 g/mol. The molecule has 5 nitrogen and oxygen atoms in total.